The molecule has 15 heteroatoms. The van der Waals surface area contributed by atoms with Gasteiger partial charge in [-0.2, -0.15) is 4.68 Å². The molecule has 4 aromatic heterocycles. The maximum absolute atomic E-state index is 15.4. The summed E-state index contributed by atoms with van der Waals surface area (Å²) in [5.41, 5.74) is 7.42. The van der Waals surface area contributed by atoms with Gasteiger partial charge in [0.1, 0.15) is 18.0 Å². The summed E-state index contributed by atoms with van der Waals surface area (Å²) in [6, 6.07) is 5.55. The summed E-state index contributed by atoms with van der Waals surface area (Å²) >= 11 is 6.12. The fraction of sp³-hybridized carbons (Fsp3) is 0.192. The predicted octanol–water partition coefficient (Wildman–Crippen LogP) is 3.67. The van der Waals surface area contributed by atoms with Gasteiger partial charge in [-0.15, -0.1) is 10.2 Å². The molecule has 0 unspecified atom stereocenters. The van der Waals surface area contributed by atoms with Crippen molar-refractivity contribution in [1.29, 1.82) is 0 Å². The van der Waals surface area contributed by atoms with E-state index in [2.05, 4.69) is 35.6 Å². The number of nitrogens with zero attached hydrogens (tertiary/aromatic N) is 9. The van der Waals surface area contributed by atoms with Crippen LogP contribution in [-0.2, 0) is 4.79 Å². The number of carbonyl (C=O) groups is 1. The minimum absolute atomic E-state index is 0.00514. The zero-order chi connectivity index (χ0) is 28.2. The lowest BCUT2D eigenvalue weighted by Crippen LogP contribution is -2.39. The molecule has 1 saturated heterocycles. The van der Waals surface area contributed by atoms with Crippen LogP contribution in [0.2, 0.25) is 5.02 Å². The SMILES string of the molecule is Nc1ccn(-c2nccc(-c3cnc([C@H]4CC[C@@H]5CC(c6c(-n7cnnn7)ccc(Cl)c6F)=CC(=O)N54)[nH]3)c2F)n1. The molecule has 0 aliphatic carbocycles. The number of amides is 1. The van der Waals surface area contributed by atoms with Gasteiger partial charge in [-0.25, -0.2) is 23.4 Å². The number of tetrazole rings is 1. The number of hydrogen-bond acceptors (Lipinski definition) is 8. The number of imidazole rings is 1. The number of carbonyl (C=O) groups excluding carboxylic acids is 1. The Balaban J connectivity index is 1.19. The van der Waals surface area contributed by atoms with Crippen molar-refractivity contribution in [3.63, 3.8) is 0 Å². The maximum atomic E-state index is 15.4. The van der Waals surface area contributed by atoms with Gasteiger partial charge in [-0.1, -0.05) is 11.6 Å². The van der Waals surface area contributed by atoms with Crippen LogP contribution in [0.15, 0.2) is 55.3 Å². The lowest BCUT2D eigenvalue weighted by atomic mass is 9.92. The number of fused-ring (bicyclic) bond motifs is 1. The second-order valence-corrected chi connectivity index (χ2v) is 10.1. The Kier molecular flexibility index (Phi) is 5.85. The third-order valence-corrected chi connectivity index (χ3v) is 7.69. The molecule has 3 N–H and O–H groups in total. The molecule has 41 heavy (non-hydrogen) atoms. The molecule has 2 aliphatic heterocycles. The zero-order valence-electron chi connectivity index (χ0n) is 21.1. The number of H-pyrrole nitrogens is 1. The van der Waals surface area contributed by atoms with Gasteiger partial charge in [0.15, 0.2) is 17.5 Å². The van der Waals surface area contributed by atoms with Gasteiger partial charge in [0.25, 0.3) is 0 Å². The molecule has 0 bridgehead atoms. The van der Waals surface area contributed by atoms with Crippen molar-refractivity contribution in [3.05, 3.63) is 83.3 Å². The summed E-state index contributed by atoms with van der Waals surface area (Å²) < 4.78 is 33.4. The standard InChI is InChI=1S/C26H20ClF2N11O/c27-16-2-4-18(39-12-33-36-37-39)22(24(16)29)13-9-14-1-3-19(40(14)21(41)10-13)25-32-11-17(34-25)15-5-7-31-26(23(15)28)38-8-6-20(30)35-38/h2,4-8,10-12,14,19H,1,3,9H2,(H2,30,35)(H,32,34)/t14-,19-/m1/s1. The molecule has 0 saturated carbocycles. The number of pyridine rings is 1. The highest BCUT2D eigenvalue weighted by molar-refractivity contribution is 6.31. The van der Waals surface area contributed by atoms with E-state index in [0.29, 0.717) is 42.0 Å². The van der Waals surface area contributed by atoms with Crippen molar-refractivity contribution in [3.8, 4) is 22.8 Å². The number of anilines is 1. The molecular weight excluding hydrogens is 556 g/mol. The first-order chi connectivity index (χ1) is 19.9. The molecular formula is C26H20ClF2N11O. The molecule has 2 aliphatic rings. The average Bonchev–Trinajstić information content (AvgIpc) is 3.77. The van der Waals surface area contributed by atoms with E-state index in [1.807, 2.05) is 0 Å². The van der Waals surface area contributed by atoms with Crippen LogP contribution in [0.5, 0.6) is 0 Å². The molecule has 6 heterocycles. The van der Waals surface area contributed by atoms with Gasteiger partial charge in [0.2, 0.25) is 5.91 Å². The monoisotopic (exact) mass is 575 g/mol. The molecule has 5 aromatic rings. The van der Waals surface area contributed by atoms with Crippen LogP contribution in [-0.4, -0.2) is 61.8 Å². The van der Waals surface area contributed by atoms with Crippen molar-refractivity contribution < 1.29 is 13.6 Å². The van der Waals surface area contributed by atoms with Gasteiger partial charge in [0.05, 0.1) is 28.6 Å². The summed E-state index contributed by atoms with van der Waals surface area (Å²) in [4.78, 5) is 27.0. The van der Waals surface area contributed by atoms with Crippen molar-refractivity contribution >= 4 is 28.9 Å². The minimum atomic E-state index is -0.645. The lowest BCUT2D eigenvalue weighted by Gasteiger charge is -2.33. The number of nitrogen functional groups attached to an aromatic ring is 1. The van der Waals surface area contributed by atoms with Crippen LogP contribution in [0.1, 0.15) is 36.7 Å². The molecule has 206 valence electrons. The van der Waals surface area contributed by atoms with Crippen molar-refractivity contribution in [2.45, 2.75) is 31.3 Å². The molecule has 1 aromatic carbocycles. The van der Waals surface area contributed by atoms with Gasteiger partial charge in [0, 0.05) is 41.7 Å². The van der Waals surface area contributed by atoms with Crippen LogP contribution in [0.3, 0.4) is 0 Å². The van der Waals surface area contributed by atoms with Crippen molar-refractivity contribution in [1.82, 2.24) is 49.8 Å². The van der Waals surface area contributed by atoms with Crippen LogP contribution in [0.4, 0.5) is 14.6 Å². The number of benzene rings is 1. The summed E-state index contributed by atoms with van der Waals surface area (Å²) in [6.45, 7) is 0. The van der Waals surface area contributed by atoms with Crippen molar-refractivity contribution in [2.75, 3.05) is 5.73 Å². The Morgan fingerprint density at radius 3 is 2.73 bits per heavy atom. The zero-order valence-corrected chi connectivity index (χ0v) is 21.9. The minimum Gasteiger partial charge on any atom is -0.382 e. The molecule has 0 spiro atoms. The Morgan fingerprint density at radius 2 is 1.95 bits per heavy atom. The summed E-state index contributed by atoms with van der Waals surface area (Å²) in [6.07, 6.45) is 8.98. The second-order valence-electron chi connectivity index (χ2n) is 9.74. The highest BCUT2D eigenvalue weighted by Crippen LogP contribution is 2.44. The Labute approximate surface area is 235 Å². The van der Waals surface area contributed by atoms with Crippen LogP contribution >= 0.6 is 11.6 Å². The molecule has 0 radical (unpaired) electrons. The van der Waals surface area contributed by atoms with E-state index >= 15 is 8.78 Å². The molecule has 1 amide bonds. The van der Waals surface area contributed by atoms with E-state index in [0.717, 1.165) is 0 Å². The molecule has 2 atom stereocenters. The number of hydrogen-bond donors (Lipinski definition) is 2. The summed E-state index contributed by atoms with van der Waals surface area (Å²) in [7, 11) is 0. The summed E-state index contributed by atoms with van der Waals surface area (Å²) in [5, 5.41) is 15.1. The molecule has 12 nitrogen and oxygen atoms in total. The highest BCUT2D eigenvalue weighted by atomic mass is 35.5. The smallest absolute Gasteiger partial charge is 0.247 e. The van der Waals surface area contributed by atoms with Gasteiger partial charge >= 0.3 is 0 Å². The highest BCUT2D eigenvalue weighted by Gasteiger charge is 2.42. The largest absolute Gasteiger partial charge is 0.382 e. The topological polar surface area (TPSA) is 149 Å². The third kappa shape index (κ3) is 4.14. The van der Waals surface area contributed by atoms with Crippen LogP contribution < -0.4 is 5.73 Å². The lowest BCUT2D eigenvalue weighted by molar-refractivity contribution is -0.129. The Morgan fingerprint density at radius 1 is 1.07 bits per heavy atom. The first-order valence-corrected chi connectivity index (χ1v) is 13.0. The quantitative estimate of drug-likeness (QED) is 0.322. The van der Waals surface area contributed by atoms with E-state index in [-0.39, 0.29) is 45.8 Å². The van der Waals surface area contributed by atoms with Gasteiger partial charge < -0.3 is 15.6 Å². The van der Waals surface area contributed by atoms with E-state index in [9.17, 15) is 4.79 Å². The van der Waals surface area contributed by atoms with Crippen LogP contribution in [0.25, 0.3) is 28.3 Å². The Bertz CT molecular complexity index is 1830. The predicted molar refractivity (Wildman–Crippen MR) is 143 cm³/mol. The first-order valence-electron chi connectivity index (χ1n) is 12.6. The molecule has 7 rings (SSSR count). The number of aromatic amines is 1. The van der Waals surface area contributed by atoms with Crippen molar-refractivity contribution in [2.24, 2.45) is 0 Å². The normalized spacial score (nSPS) is 18.6. The fourth-order valence-corrected chi connectivity index (χ4v) is 5.76. The van der Waals surface area contributed by atoms with E-state index in [4.69, 9.17) is 17.3 Å². The average molecular weight is 576 g/mol. The molecule has 1 fully saturated rings. The first kappa shape index (κ1) is 25.0. The number of halogens is 3. The maximum Gasteiger partial charge on any atom is 0.247 e. The van der Waals surface area contributed by atoms with E-state index in [1.54, 1.807) is 17.0 Å². The Hall–Kier alpha value is -4.98. The van der Waals surface area contributed by atoms with E-state index < -0.39 is 11.6 Å². The number of aromatic nitrogens is 9. The number of nitrogens with one attached hydrogen (secondary N) is 1. The van der Waals surface area contributed by atoms with Gasteiger partial charge in [-0.05, 0) is 53.5 Å². The van der Waals surface area contributed by atoms with Gasteiger partial charge in [-0.3, -0.25) is 4.79 Å². The fourth-order valence-electron chi connectivity index (χ4n) is 5.60. The number of nitrogens with two attached hydrogens (primary N) is 1. The summed E-state index contributed by atoms with van der Waals surface area (Å²) in [5.74, 6) is -0.768. The third-order valence-electron chi connectivity index (χ3n) is 7.40. The number of rotatable bonds is 5. The van der Waals surface area contributed by atoms with Crippen LogP contribution in [0, 0.1) is 11.6 Å². The van der Waals surface area contributed by atoms with E-state index in [1.165, 1.54) is 52.5 Å². The second kappa shape index (κ2) is 9.59.